The molecule has 3 rings (SSSR count). The maximum absolute atomic E-state index is 14.3. The van der Waals surface area contributed by atoms with E-state index >= 15 is 0 Å². The molecule has 4 N–H and O–H groups in total. The third kappa shape index (κ3) is 12.8. The zero-order chi connectivity index (χ0) is 33.6. The topological polar surface area (TPSA) is 120 Å². The van der Waals surface area contributed by atoms with Crippen LogP contribution in [0.4, 0.5) is 0 Å². The van der Waals surface area contributed by atoms with Crippen molar-refractivity contribution in [1.82, 2.24) is 5.09 Å². The van der Waals surface area contributed by atoms with Crippen LogP contribution in [-0.4, -0.2) is 42.5 Å². The van der Waals surface area contributed by atoms with Gasteiger partial charge in [-0.05, 0) is 60.6 Å². The second-order valence-electron chi connectivity index (χ2n) is 13.7. The molecule has 254 valence electrons. The van der Waals surface area contributed by atoms with Gasteiger partial charge in [0.05, 0.1) is 25.4 Å². The first-order valence-electron chi connectivity index (χ1n) is 16.7. The summed E-state index contributed by atoms with van der Waals surface area (Å²) >= 11 is 0. The second-order valence-corrected chi connectivity index (χ2v) is 15.4. The molecule has 0 spiro atoms. The first-order valence-corrected chi connectivity index (χ1v) is 18.2. The van der Waals surface area contributed by atoms with Crippen LogP contribution in [0.5, 0.6) is 5.75 Å². The number of unbranched alkanes of at least 4 members (excludes halogenated alkanes) is 5. The Morgan fingerprint density at radius 1 is 0.891 bits per heavy atom. The van der Waals surface area contributed by atoms with E-state index in [2.05, 4.69) is 36.3 Å². The number of aliphatic hydroxyl groups is 1. The van der Waals surface area contributed by atoms with E-state index in [0.29, 0.717) is 18.6 Å². The summed E-state index contributed by atoms with van der Waals surface area (Å²) < 4.78 is 31.7. The summed E-state index contributed by atoms with van der Waals surface area (Å²) in [7, 11) is -4.19. The van der Waals surface area contributed by atoms with Crippen LogP contribution >= 0.6 is 7.75 Å². The van der Waals surface area contributed by atoms with E-state index < -0.39 is 25.3 Å². The van der Waals surface area contributed by atoms with Crippen LogP contribution in [0, 0.1) is 5.41 Å². The van der Waals surface area contributed by atoms with E-state index in [4.69, 9.17) is 19.5 Å². The highest BCUT2D eigenvalue weighted by Crippen LogP contribution is 2.47. The number of carbonyl (C=O) groups is 1. The summed E-state index contributed by atoms with van der Waals surface area (Å²) in [4.78, 5) is 12.8. The number of nitrogens with two attached hydrogens (primary N) is 1. The first-order chi connectivity index (χ1) is 21.9. The van der Waals surface area contributed by atoms with E-state index in [9.17, 15) is 14.5 Å². The van der Waals surface area contributed by atoms with E-state index in [0.717, 1.165) is 22.8 Å². The Bertz CT molecular complexity index is 1400. The number of hydrogen-bond donors (Lipinski definition) is 3. The standard InChI is InChI=1S/C37H55N2O6P/c1-6-7-8-9-10-11-15-30-20-22-31(23-21-30)24-25-37(38,26-40)28-44-46(42,39-29(2)35(41)43-27-36(3,4)5)45-34-19-14-17-32-16-12-13-18-33(32)34/h12-14,16-23,29,40H,6-11,15,24-28,38H2,1-5H3,(H,39,42). The van der Waals surface area contributed by atoms with Crippen LogP contribution in [0.2, 0.25) is 0 Å². The van der Waals surface area contributed by atoms with Crippen molar-refractivity contribution >= 4 is 24.5 Å². The Kier molecular flexibility index (Phi) is 14.7. The number of nitrogens with one attached hydrogen (secondary N) is 1. The summed E-state index contributed by atoms with van der Waals surface area (Å²) in [5, 5.41) is 14.7. The quantitative estimate of drug-likeness (QED) is 0.0635. The van der Waals surface area contributed by atoms with Gasteiger partial charge in [0, 0.05) is 5.39 Å². The van der Waals surface area contributed by atoms with Crippen molar-refractivity contribution in [2.45, 2.75) is 104 Å². The molecule has 0 saturated carbocycles. The van der Waals surface area contributed by atoms with Crippen LogP contribution in [0.25, 0.3) is 10.8 Å². The molecule has 0 fully saturated rings. The zero-order valence-electron chi connectivity index (χ0n) is 28.4. The van der Waals surface area contributed by atoms with Crippen molar-refractivity contribution < 1.29 is 28.3 Å². The third-order valence-electron chi connectivity index (χ3n) is 7.91. The van der Waals surface area contributed by atoms with Crippen molar-refractivity contribution in [2.75, 3.05) is 19.8 Å². The minimum atomic E-state index is -4.19. The Labute approximate surface area is 276 Å². The summed E-state index contributed by atoms with van der Waals surface area (Å²) in [5.41, 5.74) is 7.57. The van der Waals surface area contributed by atoms with E-state index in [1.54, 1.807) is 19.1 Å². The van der Waals surface area contributed by atoms with Gasteiger partial charge < -0.3 is 20.1 Å². The van der Waals surface area contributed by atoms with Gasteiger partial charge in [-0.1, -0.05) is 120 Å². The summed E-state index contributed by atoms with van der Waals surface area (Å²) in [5.74, 6) is -0.252. The lowest BCUT2D eigenvalue weighted by molar-refractivity contribution is -0.148. The molecule has 0 bridgehead atoms. The minimum absolute atomic E-state index is 0.198. The maximum atomic E-state index is 14.3. The number of rotatable bonds is 20. The van der Waals surface area contributed by atoms with Gasteiger partial charge in [0.25, 0.3) is 0 Å². The normalized spacial score (nSPS) is 15.2. The maximum Gasteiger partial charge on any atom is 0.459 e. The van der Waals surface area contributed by atoms with Gasteiger partial charge in [0.15, 0.2) is 0 Å². The summed E-state index contributed by atoms with van der Waals surface area (Å²) in [6, 6.07) is 20.5. The van der Waals surface area contributed by atoms with Gasteiger partial charge in [-0.2, -0.15) is 5.09 Å². The van der Waals surface area contributed by atoms with Gasteiger partial charge in [0.1, 0.15) is 11.8 Å². The molecular formula is C37H55N2O6P. The molecule has 0 aromatic heterocycles. The largest absolute Gasteiger partial charge is 0.464 e. The predicted octanol–water partition coefficient (Wildman–Crippen LogP) is 8.14. The lowest BCUT2D eigenvalue weighted by Crippen LogP contribution is -2.49. The van der Waals surface area contributed by atoms with Crippen LogP contribution in [-0.2, 0) is 31.5 Å². The van der Waals surface area contributed by atoms with Gasteiger partial charge in [0.2, 0.25) is 0 Å². The molecule has 3 aromatic rings. The fourth-order valence-corrected chi connectivity index (χ4v) is 6.59. The molecule has 9 heteroatoms. The molecule has 46 heavy (non-hydrogen) atoms. The number of carbonyl (C=O) groups excluding carboxylic acids is 1. The SMILES string of the molecule is CCCCCCCCc1ccc(CCC(N)(CO)COP(=O)(NC(C)C(=O)OCC(C)(C)C)Oc2cccc3ccccc23)cc1. The number of fused-ring (bicyclic) bond motifs is 1. The summed E-state index contributed by atoms with van der Waals surface area (Å²) in [6.07, 6.45) is 9.69. The highest BCUT2D eigenvalue weighted by molar-refractivity contribution is 7.52. The molecule has 3 atom stereocenters. The number of ether oxygens (including phenoxy) is 1. The molecule has 0 aliphatic rings. The van der Waals surface area contributed by atoms with Crippen LogP contribution in [0.1, 0.15) is 90.7 Å². The molecular weight excluding hydrogens is 599 g/mol. The molecule has 0 amide bonds. The highest BCUT2D eigenvalue weighted by atomic mass is 31.2. The second kappa shape index (κ2) is 18.0. The molecule has 0 saturated heterocycles. The lowest BCUT2D eigenvalue weighted by atomic mass is 9.93. The fourth-order valence-electron chi connectivity index (χ4n) is 4.98. The van der Waals surface area contributed by atoms with Crippen LogP contribution in [0.3, 0.4) is 0 Å². The molecule has 0 aliphatic heterocycles. The zero-order valence-corrected chi connectivity index (χ0v) is 29.3. The molecule has 0 heterocycles. The molecule has 0 radical (unpaired) electrons. The van der Waals surface area contributed by atoms with Crippen molar-refractivity contribution in [2.24, 2.45) is 11.1 Å². The predicted molar refractivity (Wildman–Crippen MR) is 187 cm³/mol. The highest BCUT2D eigenvalue weighted by Gasteiger charge is 2.36. The van der Waals surface area contributed by atoms with Crippen molar-refractivity contribution in [1.29, 1.82) is 0 Å². The Morgan fingerprint density at radius 3 is 2.20 bits per heavy atom. The first kappa shape index (κ1) is 37.7. The summed E-state index contributed by atoms with van der Waals surface area (Å²) in [6.45, 7) is 9.19. The monoisotopic (exact) mass is 654 g/mol. The Hall–Kier alpha value is -2.74. The molecule has 3 aromatic carbocycles. The third-order valence-corrected chi connectivity index (χ3v) is 9.52. The average Bonchev–Trinajstić information content (AvgIpc) is 3.03. The number of aryl methyl sites for hydroxylation is 2. The number of aliphatic hydroxyl groups excluding tert-OH is 1. The number of benzene rings is 3. The Balaban J connectivity index is 1.67. The number of hydrogen-bond acceptors (Lipinski definition) is 7. The molecule has 0 aliphatic carbocycles. The van der Waals surface area contributed by atoms with Crippen LogP contribution in [0.15, 0.2) is 66.7 Å². The van der Waals surface area contributed by atoms with Crippen molar-refractivity contribution in [3.05, 3.63) is 77.9 Å². The average molecular weight is 655 g/mol. The van der Waals surface area contributed by atoms with Gasteiger partial charge in [-0.15, -0.1) is 0 Å². The molecule has 3 unspecified atom stereocenters. The van der Waals surface area contributed by atoms with Crippen molar-refractivity contribution in [3.8, 4) is 5.75 Å². The Morgan fingerprint density at radius 2 is 1.52 bits per heavy atom. The van der Waals surface area contributed by atoms with Crippen LogP contribution < -0.4 is 15.3 Å². The van der Waals surface area contributed by atoms with Gasteiger partial charge in [-0.3, -0.25) is 9.32 Å². The van der Waals surface area contributed by atoms with Gasteiger partial charge >= 0.3 is 13.7 Å². The lowest BCUT2D eigenvalue weighted by Gasteiger charge is -2.30. The van der Waals surface area contributed by atoms with E-state index in [1.165, 1.54) is 44.1 Å². The fraction of sp³-hybridized carbons (Fsp3) is 0.541. The number of esters is 1. The van der Waals surface area contributed by atoms with E-state index in [1.807, 2.05) is 51.1 Å². The minimum Gasteiger partial charge on any atom is -0.464 e. The molecule has 8 nitrogen and oxygen atoms in total. The smallest absolute Gasteiger partial charge is 0.459 e. The van der Waals surface area contributed by atoms with Crippen molar-refractivity contribution in [3.63, 3.8) is 0 Å². The van der Waals surface area contributed by atoms with Gasteiger partial charge in [-0.25, -0.2) is 4.57 Å². The van der Waals surface area contributed by atoms with E-state index in [-0.39, 0.29) is 25.2 Å².